The summed E-state index contributed by atoms with van der Waals surface area (Å²) in [5.74, 6) is 0.489. The number of hydrogen-bond donors (Lipinski definition) is 2. The van der Waals surface area contributed by atoms with Crippen molar-refractivity contribution in [2.24, 2.45) is 11.3 Å². The van der Waals surface area contributed by atoms with Crippen molar-refractivity contribution in [2.75, 3.05) is 39.9 Å². The molecule has 3 aliphatic heterocycles. The summed E-state index contributed by atoms with van der Waals surface area (Å²) < 4.78 is 10.7. The van der Waals surface area contributed by atoms with Crippen LogP contribution in [0.1, 0.15) is 33.1 Å². The van der Waals surface area contributed by atoms with Gasteiger partial charge in [-0.25, -0.2) is 9.59 Å². The minimum atomic E-state index is -0.627. The molecule has 3 heterocycles. The molecule has 1 spiro atoms. The summed E-state index contributed by atoms with van der Waals surface area (Å²) in [6.07, 6.45) is 10.5. The van der Waals surface area contributed by atoms with E-state index in [2.05, 4.69) is 10.6 Å². The molecule has 164 valence electrons. The van der Waals surface area contributed by atoms with Gasteiger partial charge in [-0.1, -0.05) is 0 Å². The van der Waals surface area contributed by atoms with Crippen LogP contribution < -0.4 is 10.6 Å². The zero-order chi connectivity index (χ0) is 21.4. The summed E-state index contributed by atoms with van der Waals surface area (Å²) in [5.41, 5.74) is 1.85. The number of nitrogens with one attached hydrogen (secondary N) is 2. The number of urea groups is 1. The number of dihydropyridines is 1. The number of fused-ring (bicyclic) bond motifs is 1. The number of likely N-dealkylation sites (tertiary alicyclic amines) is 1. The van der Waals surface area contributed by atoms with Crippen LogP contribution in [0.2, 0.25) is 0 Å². The molecular weight excluding hydrogens is 384 g/mol. The van der Waals surface area contributed by atoms with Gasteiger partial charge in [0.15, 0.2) is 0 Å². The molecule has 3 amide bonds. The topological polar surface area (TPSA) is 83.1 Å². The van der Waals surface area contributed by atoms with Gasteiger partial charge in [-0.3, -0.25) is 4.90 Å². The quantitative estimate of drug-likeness (QED) is 0.720. The lowest BCUT2D eigenvalue weighted by molar-refractivity contribution is -0.0364. The van der Waals surface area contributed by atoms with Crippen LogP contribution in [0.25, 0.3) is 0 Å². The number of nitrogens with zero attached hydrogens (tertiary/aromatic N) is 2. The molecule has 0 radical (unpaired) electrons. The molecule has 1 atom stereocenters. The molecule has 1 saturated heterocycles. The van der Waals surface area contributed by atoms with Crippen LogP contribution in [0.3, 0.4) is 0 Å². The van der Waals surface area contributed by atoms with Gasteiger partial charge in [-0.15, -0.1) is 0 Å². The largest absolute Gasteiger partial charge is 0.441 e. The number of ether oxygens (including phenoxy) is 2. The van der Waals surface area contributed by atoms with Gasteiger partial charge in [-0.2, -0.15) is 0 Å². The molecule has 0 aromatic rings. The van der Waals surface area contributed by atoms with Gasteiger partial charge in [-0.05, 0) is 61.7 Å². The lowest BCUT2D eigenvalue weighted by Gasteiger charge is -2.35. The molecule has 8 heteroatoms. The van der Waals surface area contributed by atoms with Crippen LogP contribution in [0.15, 0.2) is 35.8 Å². The highest BCUT2D eigenvalue weighted by Crippen LogP contribution is 2.59. The molecule has 30 heavy (non-hydrogen) atoms. The number of rotatable bonds is 5. The van der Waals surface area contributed by atoms with Gasteiger partial charge in [0.05, 0.1) is 13.2 Å². The second kappa shape index (κ2) is 7.98. The lowest BCUT2D eigenvalue weighted by Crippen LogP contribution is -2.44. The van der Waals surface area contributed by atoms with Crippen molar-refractivity contribution in [3.8, 4) is 0 Å². The van der Waals surface area contributed by atoms with Crippen LogP contribution in [-0.2, 0) is 9.47 Å². The van der Waals surface area contributed by atoms with Crippen molar-refractivity contribution in [3.63, 3.8) is 0 Å². The van der Waals surface area contributed by atoms with Gasteiger partial charge in [0.25, 0.3) is 0 Å². The Labute approximate surface area is 177 Å². The maximum absolute atomic E-state index is 12.5. The molecule has 0 aromatic heterocycles. The second-order valence-corrected chi connectivity index (χ2v) is 9.38. The van der Waals surface area contributed by atoms with Gasteiger partial charge < -0.3 is 25.0 Å². The highest BCUT2D eigenvalue weighted by molar-refractivity contribution is 5.77. The summed E-state index contributed by atoms with van der Waals surface area (Å²) in [4.78, 5) is 28.5. The van der Waals surface area contributed by atoms with E-state index in [1.54, 1.807) is 16.9 Å². The average Bonchev–Trinajstić information content (AvgIpc) is 3.18. The maximum Gasteiger partial charge on any atom is 0.410 e. The molecule has 8 nitrogen and oxygen atoms in total. The normalized spacial score (nSPS) is 24.0. The minimum absolute atomic E-state index is 0.0466. The monoisotopic (exact) mass is 416 g/mol. The van der Waals surface area contributed by atoms with Crippen molar-refractivity contribution in [1.82, 2.24) is 20.4 Å². The minimum Gasteiger partial charge on any atom is -0.441 e. The first-order valence-corrected chi connectivity index (χ1v) is 10.7. The predicted octanol–water partition coefficient (Wildman–Crippen LogP) is 2.56. The van der Waals surface area contributed by atoms with E-state index >= 15 is 0 Å². The number of hydrogen-bond acceptors (Lipinski definition) is 5. The average molecular weight is 417 g/mol. The van der Waals surface area contributed by atoms with Crippen LogP contribution in [0.4, 0.5) is 9.59 Å². The zero-order valence-corrected chi connectivity index (χ0v) is 18.1. The van der Waals surface area contributed by atoms with E-state index in [1.807, 2.05) is 38.5 Å². The fraction of sp³-hybridized carbons (Fsp3) is 0.636. The molecule has 1 unspecified atom stereocenters. The molecule has 0 bridgehead atoms. The summed E-state index contributed by atoms with van der Waals surface area (Å²) >= 11 is 0. The Morgan fingerprint density at radius 2 is 2.10 bits per heavy atom. The van der Waals surface area contributed by atoms with E-state index in [1.165, 1.54) is 0 Å². The Morgan fingerprint density at radius 3 is 2.80 bits per heavy atom. The first-order chi connectivity index (χ1) is 14.3. The Balaban J connectivity index is 1.20. The highest BCUT2D eigenvalue weighted by Gasteiger charge is 2.55. The maximum atomic E-state index is 12.5. The highest BCUT2D eigenvalue weighted by atomic mass is 16.6. The third-order valence-corrected chi connectivity index (χ3v) is 6.62. The molecule has 4 aliphatic rings. The number of carbonyl (C=O) groups excluding carboxylic acids is 2. The molecule has 1 saturated carbocycles. The number of amides is 3. The van der Waals surface area contributed by atoms with Crippen molar-refractivity contribution >= 4 is 12.1 Å². The van der Waals surface area contributed by atoms with Crippen LogP contribution in [0.5, 0.6) is 0 Å². The van der Waals surface area contributed by atoms with Crippen LogP contribution in [0, 0.1) is 11.3 Å². The molecule has 2 fully saturated rings. The number of piperidine rings is 1. The summed E-state index contributed by atoms with van der Waals surface area (Å²) in [6, 6.07) is -0.0466. The molecular formula is C22H32N4O4. The van der Waals surface area contributed by atoms with E-state index in [9.17, 15) is 9.59 Å². The molecule has 1 aliphatic carbocycles. The zero-order valence-electron chi connectivity index (χ0n) is 18.1. The number of allylic oxidation sites excluding steroid dienone is 1. The van der Waals surface area contributed by atoms with Crippen molar-refractivity contribution in [1.29, 1.82) is 0 Å². The van der Waals surface area contributed by atoms with E-state index in [-0.39, 0.29) is 17.5 Å². The van der Waals surface area contributed by atoms with Gasteiger partial charge in [0.2, 0.25) is 0 Å². The second-order valence-electron chi connectivity index (χ2n) is 9.38. The van der Waals surface area contributed by atoms with Crippen molar-refractivity contribution < 1.29 is 19.1 Å². The van der Waals surface area contributed by atoms with E-state index < -0.39 is 5.60 Å². The third kappa shape index (κ3) is 4.33. The third-order valence-electron chi connectivity index (χ3n) is 6.62. The Morgan fingerprint density at radius 1 is 1.33 bits per heavy atom. The first kappa shape index (κ1) is 20.8. The molecule has 4 rings (SSSR count). The predicted molar refractivity (Wildman–Crippen MR) is 112 cm³/mol. The molecule has 0 aromatic carbocycles. The first-order valence-electron chi connectivity index (χ1n) is 10.7. The number of methoxy groups -OCH3 is 1. The Bertz CT molecular complexity index is 793. The molecule has 2 N–H and O–H groups in total. The van der Waals surface area contributed by atoms with Gasteiger partial charge >= 0.3 is 12.1 Å². The Hall–Kier alpha value is -2.48. The fourth-order valence-electron chi connectivity index (χ4n) is 4.72. The summed E-state index contributed by atoms with van der Waals surface area (Å²) in [5, 5.41) is 6.16. The van der Waals surface area contributed by atoms with Crippen molar-refractivity contribution in [2.45, 2.75) is 38.7 Å². The number of carbonyl (C=O) groups is 2. The van der Waals surface area contributed by atoms with Gasteiger partial charge in [0.1, 0.15) is 5.60 Å². The van der Waals surface area contributed by atoms with Gasteiger partial charge in [0, 0.05) is 45.3 Å². The standard InChI is InChI=1S/C22H32N4O4/c1-21(2,15-29-3)30-20(28)25-8-5-22(6-9-25)10-18(22)12-24-19(27)26-13-16-4-7-23-11-17(16)14-26/h4,7,11,13,18,23H,5-6,8-10,12,14-15H2,1-3H3,(H,24,27). The SMILES string of the molecule is COCC(C)(C)OC(=O)N1CCC2(CC1)CC2CNC(=O)N1C=C2C=CNC=C2C1. The smallest absolute Gasteiger partial charge is 0.410 e. The van der Waals surface area contributed by atoms with Crippen LogP contribution >= 0.6 is 0 Å². The summed E-state index contributed by atoms with van der Waals surface area (Å²) in [7, 11) is 1.60. The van der Waals surface area contributed by atoms with E-state index in [4.69, 9.17) is 9.47 Å². The lowest BCUT2D eigenvalue weighted by atomic mass is 9.91. The van der Waals surface area contributed by atoms with Crippen molar-refractivity contribution in [3.05, 3.63) is 35.8 Å². The fourth-order valence-corrected chi connectivity index (χ4v) is 4.72. The van der Waals surface area contributed by atoms with Crippen LogP contribution in [-0.4, -0.2) is 67.4 Å². The Kier molecular flexibility index (Phi) is 5.53. The van der Waals surface area contributed by atoms with E-state index in [0.717, 1.165) is 30.4 Å². The van der Waals surface area contributed by atoms with E-state index in [0.29, 0.717) is 38.7 Å². The summed E-state index contributed by atoms with van der Waals surface area (Å²) in [6.45, 7) is 6.79.